The van der Waals surface area contributed by atoms with Gasteiger partial charge in [0.25, 0.3) is 0 Å². The van der Waals surface area contributed by atoms with Crippen molar-refractivity contribution in [3.05, 3.63) is 18.2 Å². The second kappa shape index (κ2) is 10.1. The number of imidazole rings is 1. The molecule has 0 aliphatic carbocycles. The van der Waals surface area contributed by atoms with Crippen LogP contribution in [0.15, 0.2) is 12.5 Å². The first-order valence-electron chi connectivity index (χ1n) is 10.3. The second-order valence-electron chi connectivity index (χ2n) is 7.85. The number of aromatic nitrogens is 2. The summed E-state index contributed by atoms with van der Waals surface area (Å²) in [7, 11) is 0. The molecule has 3 amide bonds. The minimum atomic E-state index is -1.18. The predicted octanol–water partition coefficient (Wildman–Crippen LogP) is -1.24. The molecule has 1 aromatic rings. The van der Waals surface area contributed by atoms with Crippen molar-refractivity contribution >= 4 is 36.3 Å². The Kier molecular flexibility index (Phi) is 7.55. The van der Waals surface area contributed by atoms with E-state index < -0.39 is 36.0 Å². The molecule has 12 heteroatoms. The van der Waals surface area contributed by atoms with E-state index in [4.69, 9.17) is 10.8 Å². The average Bonchev–Trinajstić information content (AvgIpc) is 3.51. The Morgan fingerprint density at radius 2 is 1.90 bits per heavy atom. The van der Waals surface area contributed by atoms with E-state index in [1.807, 2.05) is 0 Å². The Morgan fingerprint density at radius 3 is 2.52 bits per heavy atom. The lowest BCUT2D eigenvalue weighted by Gasteiger charge is -2.32. The number of carboxylic acid groups (broad SMARTS) is 1. The van der Waals surface area contributed by atoms with Crippen LogP contribution in [-0.2, 0) is 25.6 Å². The van der Waals surface area contributed by atoms with Crippen molar-refractivity contribution in [1.29, 1.82) is 0 Å². The Labute approximate surface area is 185 Å². The summed E-state index contributed by atoms with van der Waals surface area (Å²) in [6, 6.07) is -3.36. The summed E-state index contributed by atoms with van der Waals surface area (Å²) in [5.41, 5.74) is 6.82. The zero-order chi connectivity index (χ0) is 22.5. The van der Waals surface area contributed by atoms with Crippen LogP contribution in [0.5, 0.6) is 0 Å². The molecule has 11 nitrogen and oxygen atoms in total. The topological polar surface area (TPSA) is 162 Å². The summed E-state index contributed by atoms with van der Waals surface area (Å²) in [4.78, 5) is 59.8. The van der Waals surface area contributed by atoms with E-state index in [0.717, 1.165) is 5.69 Å². The van der Waals surface area contributed by atoms with E-state index in [2.05, 4.69) is 27.9 Å². The van der Waals surface area contributed by atoms with Gasteiger partial charge in [-0.05, 0) is 25.7 Å². The Morgan fingerprint density at radius 1 is 1.23 bits per heavy atom. The maximum absolute atomic E-state index is 13.3. The molecule has 170 valence electrons. The molecule has 2 aliphatic heterocycles. The van der Waals surface area contributed by atoms with Crippen LogP contribution in [0.25, 0.3) is 0 Å². The SMILES string of the molecule is NC(Cc1cnc[nH]1)C(=O)N1CCCC1C(=O)N1CCCC1C(=O)NC(CS)C(=O)O. The lowest BCUT2D eigenvalue weighted by atomic mass is 10.1. The molecule has 5 N–H and O–H groups in total. The highest BCUT2D eigenvalue weighted by molar-refractivity contribution is 7.80. The number of hydrogen-bond donors (Lipinski definition) is 5. The number of aliphatic carboxylic acids is 1. The summed E-state index contributed by atoms with van der Waals surface area (Å²) < 4.78 is 0. The molecule has 4 unspecified atom stereocenters. The molecule has 3 rings (SSSR count). The first-order valence-corrected chi connectivity index (χ1v) is 10.9. The quantitative estimate of drug-likeness (QED) is 0.308. The van der Waals surface area contributed by atoms with Crippen LogP contribution in [0.2, 0.25) is 0 Å². The number of aromatic amines is 1. The van der Waals surface area contributed by atoms with Crippen molar-refractivity contribution < 1.29 is 24.3 Å². The van der Waals surface area contributed by atoms with Gasteiger partial charge in [0.1, 0.15) is 18.1 Å². The van der Waals surface area contributed by atoms with E-state index in [1.165, 1.54) is 16.1 Å². The van der Waals surface area contributed by atoms with Crippen molar-refractivity contribution in [2.75, 3.05) is 18.8 Å². The fraction of sp³-hybridized carbons (Fsp3) is 0.632. The van der Waals surface area contributed by atoms with Gasteiger partial charge in [0.2, 0.25) is 17.7 Å². The fourth-order valence-corrected chi connectivity index (χ4v) is 4.42. The summed E-state index contributed by atoms with van der Waals surface area (Å²) in [6.07, 6.45) is 5.63. The number of nitrogens with zero attached hydrogens (tertiary/aromatic N) is 3. The van der Waals surface area contributed by atoms with Crippen molar-refractivity contribution in [1.82, 2.24) is 25.1 Å². The lowest BCUT2D eigenvalue weighted by Crippen LogP contribution is -2.56. The van der Waals surface area contributed by atoms with Crippen LogP contribution < -0.4 is 11.1 Å². The van der Waals surface area contributed by atoms with Crippen molar-refractivity contribution in [3.63, 3.8) is 0 Å². The van der Waals surface area contributed by atoms with Gasteiger partial charge in [-0.15, -0.1) is 0 Å². The van der Waals surface area contributed by atoms with E-state index >= 15 is 0 Å². The summed E-state index contributed by atoms with van der Waals surface area (Å²) in [5.74, 6) is -2.36. The third-order valence-electron chi connectivity index (χ3n) is 5.77. The van der Waals surface area contributed by atoms with Gasteiger partial charge in [0, 0.05) is 37.2 Å². The minimum Gasteiger partial charge on any atom is -0.480 e. The van der Waals surface area contributed by atoms with Gasteiger partial charge in [0.15, 0.2) is 0 Å². The molecule has 0 aromatic carbocycles. The van der Waals surface area contributed by atoms with Crippen molar-refractivity contribution in [2.45, 2.75) is 56.3 Å². The number of carbonyl (C=O) groups excluding carboxylic acids is 3. The number of H-pyrrole nitrogens is 1. The van der Waals surface area contributed by atoms with Crippen LogP contribution in [0.3, 0.4) is 0 Å². The number of carboxylic acids is 1. The maximum Gasteiger partial charge on any atom is 0.327 e. The second-order valence-corrected chi connectivity index (χ2v) is 8.21. The van der Waals surface area contributed by atoms with E-state index in [0.29, 0.717) is 38.8 Å². The van der Waals surface area contributed by atoms with Gasteiger partial charge in [0.05, 0.1) is 12.4 Å². The molecule has 0 bridgehead atoms. The Bertz CT molecular complexity index is 819. The Balaban J connectivity index is 1.66. The van der Waals surface area contributed by atoms with Crippen molar-refractivity contribution in [2.24, 2.45) is 5.73 Å². The molecule has 0 radical (unpaired) electrons. The van der Waals surface area contributed by atoms with Gasteiger partial charge in [-0.1, -0.05) is 0 Å². The third kappa shape index (κ3) is 5.18. The van der Waals surface area contributed by atoms with E-state index in [1.54, 1.807) is 6.20 Å². The molecule has 2 aliphatic rings. The molecule has 4 atom stereocenters. The largest absolute Gasteiger partial charge is 0.480 e. The standard InChI is InChI=1S/C19H28N6O5S/c20-12(7-11-8-21-10-22-11)17(27)25-6-2-4-15(25)18(28)24-5-1-3-14(24)16(26)23-13(9-31)19(29)30/h8,10,12-15,31H,1-7,9,20H2,(H,21,22)(H,23,26)(H,29,30). The van der Waals surface area contributed by atoms with Gasteiger partial charge in [-0.3, -0.25) is 14.4 Å². The number of likely N-dealkylation sites (tertiary alicyclic amines) is 2. The number of carbonyl (C=O) groups is 4. The maximum atomic E-state index is 13.3. The molecule has 31 heavy (non-hydrogen) atoms. The van der Waals surface area contributed by atoms with E-state index in [9.17, 15) is 19.2 Å². The molecule has 2 saturated heterocycles. The number of rotatable bonds is 8. The smallest absolute Gasteiger partial charge is 0.327 e. The highest BCUT2D eigenvalue weighted by atomic mass is 32.1. The molecular weight excluding hydrogens is 424 g/mol. The fourth-order valence-electron chi connectivity index (χ4n) is 4.17. The van der Waals surface area contributed by atoms with Crippen LogP contribution >= 0.6 is 12.6 Å². The van der Waals surface area contributed by atoms with Crippen LogP contribution in [0.4, 0.5) is 0 Å². The van der Waals surface area contributed by atoms with Crippen LogP contribution in [0, 0.1) is 0 Å². The van der Waals surface area contributed by atoms with Crippen molar-refractivity contribution in [3.8, 4) is 0 Å². The summed E-state index contributed by atoms with van der Waals surface area (Å²) in [6.45, 7) is 0.811. The predicted molar refractivity (Wildman–Crippen MR) is 113 cm³/mol. The highest BCUT2D eigenvalue weighted by Gasteiger charge is 2.43. The number of hydrogen-bond acceptors (Lipinski definition) is 7. The normalized spacial score (nSPS) is 22.9. The molecule has 2 fully saturated rings. The van der Waals surface area contributed by atoms with Gasteiger partial charge < -0.3 is 30.9 Å². The minimum absolute atomic E-state index is 0.0547. The summed E-state index contributed by atoms with van der Waals surface area (Å²) in [5, 5.41) is 11.6. The van der Waals surface area contributed by atoms with Gasteiger partial charge >= 0.3 is 5.97 Å². The summed E-state index contributed by atoms with van der Waals surface area (Å²) >= 11 is 3.95. The monoisotopic (exact) mass is 452 g/mol. The molecule has 0 spiro atoms. The Hall–Kier alpha value is -2.60. The van der Waals surface area contributed by atoms with Gasteiger partial charge in [-0.2, -0.15) is 12.6 Å². The average molecular weight is 453 g/mol. The zero-order valence-electron chi connectivity index (χ0n) is 17.1. The van der Waals surface area contributed by atoms with Gasteiger partial charge in [-0.25, -0.2) is 9.78 Å². The number of nitrogens with two attached hydrogens (primary N) is 1. The highest BCUT2D eigenvalue weighted by Crippen LogP contribution is 2.25. The van der Waals surface area contributed by atoms with Crippen LogP contribution in [0.1, 0.15) is 31.4 Å². The lowest BCUT2D eigenvalue weighted by molar-refractivity contribution is -0.148. The molecule has 0 saturated carbocycles. The van der Waals surface area contributed by atoms with E-state index in [-0.39, 0.29) is 24.0 Å². The molecular formula is C19H28N6O5S. The number of amides is 3. The molecule has 1 aromatic heterocycles. The van der Waals surface area contributed by atoms with Crippen LogP contribution in [-0.4, -0.2) is 91.6 Å². The zero-order valence-corrected chi connectivity index (χ0v) is 18.0. The molecule has 3 heterocycles. The number of thiol groups is 1. The first kappa shape index (κ1) is 23.1. The third-order valence-corrected chi connectivity index (χ3v) is 6.13. The first-order chi connectivity index (χ1) is 14.8. The number of nitrogens with one attached hydrogen (secondary N) is 2.